The number of pyridine rings is 1. The maximum Gasteiger partial charge on any atom is 0.161 e. The predicted molar refractivity (Wildman–Crippen MR) is 90.0 cm³/mol. The molecular formula is C19H13F3N4. The van der Waals surface area contributed by atoms with Gasteiger partial charge in [0.15, 0.2) is 11.6 Å². The maximum atomic E-state index is 14.4. The van der Waals surface area contributed by atoms with Gasteiger partial charge in [0.2, 0.25) is 0 Å². The lowest BCUT2D eigenvalue weighted by molar-refractivity contribution is 0.496. The topological polar surface area (TPSA) is 35.1 Å². The smallest absolute Gasteiger partial charge is 0.161 e. The van der Waals surface area contributed by atoms with Crippen molar-refractivity contribution in [3.8, 4) is 22.5 Å². The van der Waals surface area contributed by atoms with Crippen LogP contribution in [0.3, 0.4) is 0 Å². The molecule has 0 amide bonds. The van der Waals surface area contributed by atoms with Gasteiger partial charge in [0.25, 0.3) is 0 Å². The molecule has 4 heterocycles. The van der Waals surface area contributed by atoms with E-state index in [-0.39, 0.29) is 5.56 Å². The van der Waals surface area contributed by atoms with Gasteiger partial charge < -0.3 is 8.97 Å². The molecule has 0 fully saturated rings. The van der Waals surface area contributed by atoms with E-state index >= 15 is 0 Å². The molecule has 26 heavy (non-hydrogen) atoms. The molecule has 1 aliphatic rings. The molecule has 5 rings (SSSR count). The number of hydrogen-bond donors (Lipinski definition) is 0. The van der Waals surface area contributed by atoms with E-state index in [1.54, 1.807) is 6.20 Å². The Kier molecular flexibility index (Phi) is 3.19. The minimum absolute atomic E-state index is 0.0356. The Morgan fingerprint density at radius 2 is 1.85 bits per heavy atom. The number of aromatic nitrogens is 4. The van der Waals surface area contributed by atoms with E-state index in [0.29, 0.717) is 17.5 Å². The van der Waals surface area contributed by atoms with Gasteiger partial charge in [-0.2, -0.15) is 0 Å². The third-order valence-electron chi connectivity index (χ3n) is 4.76. The van der Waals surface area contributed by atoms with Gasteiger partial charge in [-0.1, -0.05) is 0 Å². The fourth-order valence-corrected chi connectivity index (χ4v) is 3.57. The third kappa shape index (κ3) is 2.16. The number of imidazole rings is 2. The van der Waals surface area contributed by atoms with Crippen LogP contribution in [0.4, 0.5) is 13.2 Å². The normalized spacial score (nSPS) is 13.5. The van der Waals surface area contributed by atoms with Crippen LogP contribution in [-0.4, -0.2) is 18.9 Å². The van der Waals surface area contributed by atoms with Gasteiger partial charge in [0, 0.05) is 48.7 Å². The summed E-state index contributed by atoms with van der Waals surface area (Å²) in [7, 11) is 0. The highest BCUT2D eigenvalue weighted by molar-refractivity contribution is 5.80. The SMILES string of the molecule is Fc1cc(F)c(-c2nc3n(c2-c2ccc4nccn4c2)CCC3)cc1F. The van der Waals surface area contributed by atoms with E-state index in [9.17, 15) is 13.2 Å². The lowest BCUT2D eigenvalue weighted by Gasteiger charge is -2.10. The lowest BCUT2D eigenvalue weighted by atomic mass is 10.0. The lowest BCUT2D eigenvalue weighted by Crippen LogP contribution is -1.99. The molecular weight excluding hydrogens is 341 g/mol. The van der Waals surface area contributed by atoms with E-state index in [4.69, 9.17) is 0 Å². The van der Waals surface area contributed by atoms with Crippen LogP contribution in [0.5, 0.6) is 0 Å². The third-order valence-corrected chi connectivity index (χ3v) is 4.76. The van der Waals surface area contributed by atoms with Crippen LogP contribution in [0, 0.1) is 17.5 Å². The first kappa shape index (κ1) is 15.2. The zero-order valence-electron chi connectivity index (χ0n) is 13.6. The Balaban J connectivity index is 1.78. The molecule has 0 bridgehead atoms. The number of nitrogens with zero attached hydrogens (tertiary/aromatic N) is 4. The van der Waals surface area contributed by atoms with Crippen molar-refractivity contribution in [3.05, 3.63) is 66.1 Å². The first-order valence-corrected chi connectivity index (χ1v) is 8.29. The van der Waals surface area contributed by atoms with Crippen LogP contribution in [-0.2, 0) is 13.0 Å². The van der Waals surface area contributed by atoms with Gasteiger partial charge in [0.1, 0.15) is 17.3 Å². The summed E-state index contributed by atoms with van der Waals surface area (Å²) >= 11 is 0. The average molecular weight is 354 g/mol. The van der Waals surface area contributed by atoms with Gasteiger partial charge in [-0.25, -0.2) is 23.1 Å². The highest BCUT2D eigenvalue weighted by atomic mass is 19.2. The summed E-state index contributed by atoms with van der Waals surface area (Å²) in [6.07, 6.45) is 7.11. The second-order valence-electron chi connectivity index (χ2n) is 6.34. The Hall–Kier alpha value is -3.09. The summed E-state index contributed by atoms with van der Waals surface area (Å²) in [5, 5.41) is 0. The van der Waals surface area contributed by atoms with E-state index < -0.39 is 17.5 Å². The van der Waals surface area contributed by atoms with Crippen molar-refractivity contribution in [2.24, 2.45) is 0 Å². The molecule has 0 saturated heterocycles. The number of halogens is 3. The monoisotopic (exact) mass is 354 g/mol. The van der Waals surface area contributed by atoms with Crippen molar-refractivity contribution in [2.45, 2.75) is 19.4 Å². The molecule has 7 heteroatoms. The molecule has 3 aromatic heterocycles. The molecule has 1 aromatic carbocycles. The fraction of sp³-hybridized carbons (Fsp3) is 0.158. The summed E-state index contributed by atoms with van der Waals surface area (Å²) in [6.45, 7) is 0.755. The fourth-order valence-electron chi connectivity index (χ4n) is 3.57. The van der Waals surface area contributed by atoms with Crippen molar-refractivity contribution in [3.63, 3.8) is 0 Å². The Labute approximate surface area is 146 Å². The Morgan fingerprint density at radius 1 is 1.00 bits per heavy atom. The van der Waals surface area contributed by atoms with Gasteiger partial charge >= 0.3 is 0 Å². The minimum Gasteiger partial charge on any atom is -0.327 e. The van der Waals surface area contributed by atoms with E-state index in [0.717, 1.165) is 42.5 Å². The Morgan fingerprint density at radius 3 is 2.73 bits per heavy atom. The zero-order chi connectivity index (χ0) is 17.8. The average Bonchev–Trinajstić information content (AvgIpc) is 3.32. The Bertz CT molecular complexity index is 1160. The van der Waals surface area contributed by atoms with Crippen LogP contribution in [0.15, 0.2) is 42.9 Å². The van der Waals surface area contributed by atoms with E-state index in [1.807, 2.05) is 33.5 Å². The molecule has 130 valence electrons. The van der Waals surface area contributed by atoms with E-state index in [2.05, 4.69) is 9.97 Å². The van der Waals surface area contributed by atoms with Crippen molar-refractivity contribution in [1.82, 2.24) is 18.9 Å². The molecule has 0 atom stereocenters. The second kappa shape index (κ2) is 5.45. The second-order valence-corrected chi connectivity index (χ2v) is 6.34. The number of fused-ring (bicyclic) bond motifs is 2. The largest absolute Gasteiger partial charge is 0.327 e. The van der Waals surface area contributed by atoms with Crippen molar-refractivity contribution < 1.29 is 13.2 Å². The molecule has 0 unspecified atom stereocenters. The van der Waals surface area contributed by atoms with Crippen LogP contribution in [0.2, 0.25) is 0 Å². The van der Waals surface area contributed by atoms with Gasteiger partial charge in [-0.15, -0.1) is 0 Å². The van der Waals surface area contributed by atoms with Crippen LogP contribution in [0.25, 0.3) is 28.2 Å². The summed E-state index contributed by atoms with van der Waals surface area (Å²) in [6, 6.07) is 5.18. The van der Waals surface area contributed by atoms with Crippen molar-refractivity contribution >= 4 is 5.65 Å². The summed E-state index contributed by atoms with van der Waals surface area (Å²) in [4.78, 5) is 8.76. The zero-order valence-corrected chi connectivity index (χ0v) is 13.6. The first-order valence-electron chi connectivity index (χ1n) is 8.29. The number of hydrogen-bond acceptors (Lipinski definition) is 2. The molecule has 0 aliphatic carbocycles. The predicted octanol–water partition coefficient (Wildman–Crippen LogP) is 4.23. The quantitative estimate of drug-likeness (QED) is 0.505. The molecule has 0 saturated carbocycles. The van der Waals surface area contributed by atoms with E-state index in [1.165, 1.54) is 0 Å². The highest BCUT2D eigenvalue weighted by Gasteiger charge is 2.26. The summed E-state index contributed by atoms with van der Waals surface area (Å²) in [5.41, 5.74) is 2.60. The van der Waals surface area contributed by atoms with Crippen LogP contribution >= 0.6 is 0 Å². The van der Waals surface area contributed by atoms with Crippen LogP contribution < -0.4 is 0 Å². The van der Waals surface area contributed by atoms with Gasteiger partial charge in [-0.05, 0) is 24.6 Å². The maximum absolute atomic E-state index is 14.4. The summed E-state index contributed by atoms with van der Waals surface area (Å²) < 4.78 is 45.4. The first-order chi connectivity index (χ1) is 12.6. The molecule has 0 spiro atoms. The number of benzene rings is 1. The molecule has 0 N–H and O–H groups in total. The van der Waals surface area contributed by atoms with Gasteiger partial charge in [-0.3, -0.25) is 0 Å². The summed E-state index contributed by atoms with van der Waals surface area (Å²) in [5.74, 6) is -2.31. The molecule has 4 aromatic rings. The molecule has 1 aliphatic heterocycles. The molecule has 4 nitrogen and oxygen atoms in total. The number of rotatable bonds is 2. The minimum atomic E-state index is -1.21. The van der Waals surface area contributed by atoms with Crippen molar-refractivity contribution in [1.29, 1.82) is 0 Å². The molecule has 0 radical (unpaired) electrons. The standard InChI is InChI=1S/C19H13F3N4/c20-13-9-15(22)14(21)8-12(13)18-19(26-6-1-2-17(26)24-18)11-3-4-16-23-5-7-25(16)10-11/h3-5,7-10H,1-2,6H2. The highest BCUT2D eigenvalue weighted by Crippen LogP contribution is 2.37. The number of aryl methyl sites for hydroxylation is 1. The van der Waals surface area contributed by atoms with Crippen molar-refractivity contribution in [2.75, 3.05) is 0 Å². The van der Waals surface area contributed by atoms with Gasteiger partial charge in [0.05, 0.1) is 11.4 Å². The van der Waals surface area contributed by atoms with Crippen LogP contribution in [0.1, 0.15) is 12.2 Å².